The summed E-state index contributed by atoms with van der Waals surface area (Å²) in [7, 11) is -1.03. The maximum absolute atomic E-state index is 9.63. The Morgan fingerprint density at radius 1 is 1.27 bits per heavy atom. The van der Waals surface area contributed by atoms with Crippen molar-refractivity contribution < 1.29 is 14.7 Å². The van der Waals surface area contributed by atoms with E-state index in [1.54, 1.807) is 12.1 Å². The van der Waals surface area contributed by atoms with Crippen LogP contribution >= 0.6 is 0 Å². The Balaban J connectivity index is 2.47. The maximum Gasteiger partial charge on any atom is 0.523 e. The molecule has 0 aliphatic rings. The summed E-state index contributed by atoms with van der Waals surface area (Å²) in [5.41, 5.74) is 0.305. The number of rotatable bonds is 5. The largest absolute Gasteiger partial charge is 0.523 e. The Kier molecular flexibility index (Phi) is 4.33. The minimum atomic E-state index is -1.03. The van der Waals surface area contributed by atoms with Crippen LogP contribution in [0.2, 0.25) is 0 Å². The summed E-state index contributed by atoms with van der Waals surface area (Å²) in [5.74, 6) is 0. The highest BCUT2D eigenvalue weighted by Crippen LogP contribution is 2.13. The molecule has 0 heterocycles. The molecule has 0 bridgehead atoms. The van der Waals surface area contributed by atoms with Gasteiger partial charge < -0.3 is 5.02 Å². The second-order valence-electron chi connectivity index (χ2n) is 4.06. The quantitative estimate of drug-likeness (QED) is 0.452. The molecule has 0 aliphatic carbocycles. The summed E-state index contributed by atoms with van der Waals surface area (Å²) in [4.78, 5) is 10.1. The molecule has 1 aromatic carbocycles. The molecule has 0 saturated carbocycles. The average Bonchev–Trinajstić information content (AvgIpc) is 2.27. The highest BCUT2D eigenvalue weighted by atomic mass is 17.2. The summed E-state index contributed by atoms with van der Waals surface area (Å²) in [5, 5.41) is 9.63. The van der Waals surface area contributed by atoms with E-state index in [2.05, 4.69) is 0 Å². The topological polar surface area (TPSA) is 38.7 Å². The van der Waals surface area contributed by atoms with Gasteiger partial charge in [-0.2, -0.15) is 0 Å². The van der Waals surface area contributed by atoms with Crippen molar-refractivity contribution in [2.45, 2.75) is 32.8 Å². The molecule has 82 valence electrons. The Bertz CT molecular complexity index is 287. The van der Waals surface area contributed by atoms with Crippen LogP contribution in [0, 0.1) is 0 Å². The molecular formula is C11H17BO3. The zero-order chi connectivity index (χ0) is 11.3. The minimum Gasteiger partial charge on any atom is -0.422 e. The van der Waals surface area contributed by atoms with Gasteiger partial charge in [0.2, 0.25) is 0 Å². The van der Waals surface area contributed by atoms with Crippen LogP contribution in [0.15, 0.2) is 30.3 Å². The monoisotopic (exact) mass is 208 g/mol. The van der Waals surface area contributed by atoms with Crippen molar-refractivity contribution in [3.63, 3.8) is 0 Å². The summed E-state index contributed by atoms with van der Waals surface area (Å²) in [6.07, 6.45) is 0.814. The minimum absolute atomic E-state index is 0.379. The first kappa shape index (κ1) is 12.2. The van der Waals surface area contributed by atoms with Crippen LogP contribution in [0.25, 0.3) is 0 Å². The van der Waals surface area contributed by atoms with E-state index in [-0.39, 0.29) is 5.60 Å². The van der Waals surface area contributed by atoms with E-state index in [1.165, 1.54) is 0 Å². The lowest BCUT2D eigenvalue weighted by molar-refractivity contribution is -0.293. The Morgan fingerprint density at radius 3 is 2.40 bits per heavy atom. The molecule has 1 N–H and O–H groups in total. The molecule has 0 saturated heterocycles. The zero-order valence-electron chi connectivity index (χ0n) is 9.43. The molecule has 15 heavy (non-hydrogen) atoms. The second kappa shape index (κ2) is 5.30. The first-order valence-corrected chi connectivity index (χ1v) is 5.12. The predicted molar refractivity (Wildman–Crippen MR) is 60.6 cm³/mol. The van der Waals surface area contributed by atoms with Crippen molar-refractivity contribution in [1.29, 1.82) is 0 Å². The fraction of sp³-hybridized carbons (Fsp3) is 0.455. The van der Waals surface area contributed by atoms with Crippen LogP contribution < -0.4 is 5.46 Å². The molecule has 0 radical (unpaired) electrons. The highest BCUT2D eigenvalue weighted by molar-refractivity contribution is 6.59. The molecule has 3 nitrogen and oxygen atoms in total. The van der Waals surface area contributed by atoms with Crippen molar-refractivity contribution in [2.75, 3.05) is 0 Å². The van der Waals surface area contributed by atoms with Crippen LogP contribution in [-0.4, -0.2) is 17.7 Å². The van der Waals surface area contributed by atoms with Gasteiger partial charge in [-0.05, 0) is 25.7 Å². The number of benzene rings is 1. The smallest absolute Gasteiger partial charge is 0.422 e. The number of hydrogen-bond acceptors (Lipinski definition) is 3. The van der Waals surface area contributed by atoms with Gasteiger partial charge >= 0.3 is 7.12 Å². The van der Waals surface area contributed by atoms with Crippen molar-refractivity contribution >= 4 is 12.6 Å². The third-order valence-corrected chi connectivity index (χ3v) is 2.30. The molecule has 0 unspecified atom stereocenters. The predicted octanol–water partition coefficient (Wildman–Crippen LogP) is 1.51. The van der Waals surface area contributed by atoms with E-state index in [4.69, 9.17) is 9.69 Å². The summed E-state index contributed by atoms with van der Waals surface area (Å²) < 4.78 is 0. The van der Waals surface area contributed by atoms with E-state index in [9.17, 15) is 5.02 Å². The molecule has 0 atom stereocenters. The van der Waals surface area contributed by atoms with Crippen LogP contribution in [0.3, 0.4) is 0 Å². The zero-order valence-corrected chi connectivity index (χ0v) is 9.43. The average molecular weight is 208 g/mol. The molecule has 1 rings (SSSR count). The third-order valence-electron chi connectivity index (χ3n) is 2.30. The fourth-order valence-electron chi connectivity index (χ4n) is 0.908. The van der Waals surface area contributed by atoms with Gasteiger partial charge in [0.1, 0.15) is 0 Å². The van der Waals surface area contributed by atoms with E-state index >= 15 is 0 Å². The lowest BCUT2D eigenvalue weighted by Gasteiger charge is -2.22. The third kappa shape index (κ3) is 4.04. The molecule has 1 aromatic rings. The van der Waals surface area contributed by atoms with Gasteiger partial charge in [-0.15, -0.1) is 0 Å². The highest BCUT2D eigenvalue weighted by Gasteiger charge is 2.23. The molecular weight excluding hydrogens is 191 g/mol. The molecule has 0 aliphatic heterocycles. The Morgan fingerprint density at radius 2 is 1.87 bits per heavy atom. The first-order chi connectivity index (χ1) is 7.05. The SMILES string of the molecule is CCC(C)(C)OOB(O)c1ccccc1. The lowest BCUT2D eigenvalue weighted by atomic mass is 9.80. The van der Waals surface area contributed by atoms with Gasteiger partial charge in [-0.25, -0.2) is 4.89 Å². The summed E-state index contributed by atoms with van der Waals surface area (Å²) >= 11 is 0. The van der Waals surface area contributed by atoms with E-state index < -0.39 is 7.12 Å². The van der Waals surface area contributed by atoms with Gasteiger partial charge in [-0.1, -0.05) is 37.3 Å². The molecule has 0 fully saturated rings. The summed E-state index contributed by atoms with van der Waals surface area (Å²) in [6.45, 7) is 5.81. The van der Waals surface area contributed by atoms with Crippen molar-refractivity contribution in [3.05, 3.63) is 30.3 Å². The fourth-order valence-corrected chi connectivity index (χ4v) is 0.908. The Labute approximate surface area is 91.1 Å². The van der Waals surface area contributed by atoms with Gasteiger partial charge in [0.25, 0.3) is 0 Å². The van der Waals surface area contributed by atoms with E-state index in [0.717, 1.165) is 6.42 Å². The van der Waals surface area contributed by atoms with Gasteiger partial charge in [0.05, 0.1) is 5.60 Å². The number of hydrogen-bond donors (Lipinski definition) is 1. The van der Waals surface area contributed by atoms with Crippen LogP contribution in [0.5, 0.6) is 0 Å². The van der Waals surface area contributed by atoms with Gasteiger partial charge in [0.15, 0.2) is 0 Å². The first-order valence-electron chi connectivity index (χ1n) is 5.12. The maximum atomic E-state index is 9.63. The lowest BCUT2D eigenvalue weighted by Crippen LogP contribution is -2.37. The van der Waals surface area contributed by atoms with E-state index in [1.807, 2.05) is 39.0 Å². The normalized spacial score (nSPS) is 11.5. The molecule has 4 heteroatoms. The molecule has 0 spiro atoms. The van der Waals surface area contributed by atoms with Crippen molar-refractivity contribution in [1.82, 2.24) is 0 Å². The summed E-state index contributed by atoms with van der Waals surface area (Å²) in [6, 6.07) is 9.13. The molecule has 0 amide bonds. The van der Waals surface area contributed by atoms with Crippen molar-refractivity contribution in [2.24, 2.45) is 0 Å². The van der Waals surface area contributed by atoms with Crippen molar-refractivity contribution in [3.8, 4) is 0 Å². The molecule has 0 aromatic heterocycles. The van der Waals surface area contributed by atoms with Crippen LogP contribution in [0.4, 0.5) is 0 Å². The standard InChI is InChI=1S/C11H17BO3/c1-4-11(2,3)14-15-12(13)10-8-6-5-7-9-10/h5-9,13H,4H2,1-3H3. The van der Waals surface area contributed by atoms with Crippen LogP contribution in [-0.2, 0) is 9.69 Å². The second-order valence-corrected chi connectivity index (χ2v) is 4.06. The van der Waals surface area contributed by atoms with Gasteiger partial charge in [-0.3, -0.25) is 4.81 Å². The van der Waals surface area contributed by atoms with E-state index in [0.29, 0.717) is 5.46 Å². The van der Waals surface area contributed by atoms with Gasteiger partial charge in [0, 0.05) is 0 Å². The van der Waals surface area contributed by atoms with Crippen LogP contribution in [0.1, 0.15) is 27.2 Å². The Hall–Kier alpha value is -0.835.